The fourth-order valence-corrected chi connectivity index (χ4v) is 3.68. The fraction of sp³-hybridized carbons (Fsp3) is 0.250. The molecule has 1 aromatic carbocycles. The molecule has 0 aromatic heterocycles. The summed E-state index contributed by atoms with van der Waals surface area (Å²) in [5.41, 5.74) is 1.06. The summed E-state index contributed by atoms with van der Waals surface area (Å²) in [5.74, 6) is -0.980. The van der Waals surface area contributed by atoms with E-state index in [1.165, 1.54) is 23.9 Å². The Morgan fingerprint density at radius 3 is 3.00 bits per heavy atom. The summed E-state index contributed by atoms with van der Waals surface area (Å²) in [7, 11) is 0. The van der Waals surface area contributed by atoms with Gasteiger partial charge in [0.05, 0.1) is 23.9 Å². The van der Waals surface area contributed by atoms with Gasteiger partial charge < -0.3 is 9.64 Å². The predicted molar refractivity (Wildman–Crippen MR) is 89.5 cm³/mol. The SMILES string of the molecule is CCOC(=O)C1=C(C)N=C2SC=CN2[C@H]1c1c(F)cccc1Cl. The lowest BCUT2D eigenvalue weighted by atomic mass is 9.94. The number of aliphatic imine (C=N–C) groups is 1. The molecule has 23 heavy (non-hydrogen) atoms. The predicted octanol–water partition coefficient (Wildman–Crippen LogP) is 4.25. The average Bonchev–Trinajstić information content (AvgIpc) is 2.94. The molecule has 0 aliphatic carbocycles. The molecule has 4 nitrogen and oxygen atoms in total. The second kappa shape index (κ2) is 6.37. The van der Waals surface area contributed by atoms with Gasteiger partial charge in [0.15, 0.2) is 5.17 Å². The number of esters is 1. The molecule has 0 fully saturated rings. The van der Waals surface area contributed by atoms with Gasteiger partial charge in [0.25, 0.3) is 0 Å². The molecular weight excluding hydrogens is 339 g/mol. The summed E-state index contributed by atoms with van der Waals surface area (Å²) in [4.78, 5) is 18.6. The third kappa shape index (κ3) is 2.77. The van der Waals surface area contributed by atoms with Gasteiger partial charge in [-0.25, -0.2) is 14.2 Å². The number of hydrogen-bond acceptors (Lipinski definition) is 5. The zero-order valence-corrected chi connectivity index (χ0v) is 14.1. The van der Waals surface area contributed by atoms with Crippen LogP contribution in [0.15, 0.2) is 46.1 Å². The number of carbonyl (C=O) groups excluding carboxylic acids is 1. The van der Waals surface area contributed by atoms with E-state index < -0.39 is 17.8 Å². The lowest BCUT2D eigenvalue weighted by Crippen LogP contribution is -2.34. The van der Waals surface area contributed by atoms with Crippen molar-refractivity contribution in [2.24, 2.45) is 4.99 Å². The second-order valence-corrected chi connectivity index (χ2v) is 6.24. The van der Waals surface area contributed by atoms with Crippen molar-refractivity contribution in [1.29, 1.82) is 0 Å². The Labute approximate surface area is 142 Å². The Bertz CT molecular complexity index is 740. The molecule has 0 saturated heterocycles. The van der Waals surface area contributed by atoms with Gasteiger partial charge >= 0.3 is 5.97 Å². The number of fused-ring (bicyclic) bond motifs is 1. The lowest BCUT2D eigenvalue weighted by Gasteiger charge is -2.33. The highest BCUT2D eigenvalue weighted by Crippen LogP contribution is 2.43. The van der Waals surface area contributed by atoms with E-state index >= 15 is 0 Å². The van der Waals surface area contributed by atoms with Gasteiger partial charge in [-0.3, -0.25) is 0 Å². The first-order valence-electron chi connectivity index (χ1n) is 7.06. The number of allylic oxidation sites excluding steroid dienone is 1. The van der Waals surface area contributed by atoms with Gasteiger partial charge in [0.2, 0.25) is 0 Å². The molecule has 1 aromatic rings. The number of carbonyl (C=O) groups is 1. The van der Waals surface area contributed by atoms with E-state index in [2.05, 4.69) is 4.99 Å². The quantitative estimate of drug-likeness (QED) is 0.763. The molecule has 0 amide bonds. The van der Waals surface area contributed by atoms with E-state index in [4.69, 9.17) is 16.3 Å². The highest BCUT2D eigenvalue weighted by molar-refractivity contribution is 8.16. The number of ether oxygens (including phenoxy) is 1. The van der Waals surface area contributed by atoms with Crippen molar-refractivity contribution in [2.45, 2.75) is 19.9 Å². The molecule has 120 valence electrons. The maximum atomic E-state index is 14.5. The Balaban J connectivity index is 2.19. The highest BCUT2D eigenvalue weighted by Gasteiger charge is 2.39. The number of nitrogens with zero attached hydrogens (tertiary/aromatic N) is 2. The van der Waals surface area contributed by atoms with Crippen LogP contribution in [0.2, 0.25) is 5.02 Å². The van der Waals surface area contributed by atoms with E-state index in [0.717, 1.165) is 0 Å². The van der Waals surface area contributed by atoms with Gasteiger partial charge in [0.1, 0.15) is 5.82 Å². The van der Waals surface area contributed by atoms with Crippen LogP contribution >= 0.6 is 23.4 Å². The van der Waals surface area contributed by atoms with Crippen LogP contribution in [-0.2, 0) is 9.53 Å². The summed E-state index contributed by atoms with van der Waals surface area (Å²) < 4.78 is 19.6. The van der Waals surface area contributed by atoms with Crippen molar-refractivity contribution in [2.75, 3.05) is 6.61 Å². The van der Waals surface area contributed by atoms with Gasteiger partial charge in [-0.1, -0.05) is 29.4 Å². The molecule has 3 rings (SSSR count). The minimum absolute atomic E-state index is 0.231. The minimum atomic E-state index is -0.693. The van der Waals surface area contributed by atoms with E-state index in [1.807, 2.05) is 5.41 Å². The monoisotopic (exact) mass is 352 g/mol. The van der Waals surface area contributed by atoms with Crippen molar-refractivity contribution in [3.05, 3.63) is 57.5 Å². The number of amidine groups is 1. The van der Waals surface area contributed by atoms with Crippen molar-refractivity contribution in [3.63, 3.8) is 0 Å². The first-order valence-corrected chi connectivity index (χ1v) is 8.32. The van der Waals surface area contributed by atoms with Crippen LogP contribution in [0.3, 0.4) is 0 Å². The highest BCUT2D eigenvalue weighted by atomic mass is 35.5. The van der Waals surface area contributed by atoms with Crippen LogP contribution < -0.4 is 0 Å². The smallest absolute Gasteiger partial charge is 0.338 e. The Morgan fingerprint density at radius 2 is 2.30 bits per heavy atom. The second-order valence-electron chi connectivity index (χ2n) is 4.96. The van der Waals surface area contributed by atoms with Crippen LogP contribution in [0.4, 0.5) is 4.39 Å². The van der Waals surface area contributed by atoms with E-state index in [1.54, 1.807) is 31.0 Å². The molecule has 0 N–H and O–H groups in total. The van der Waals surface area contributed by atoms with Crippen LogP contribution in [0, 0.1) is 5.82 Å². The number of thioether (sulfide) groups is 1. The van der Waals surface area contributed by atoms with Crippen LogP contribution in [-0.4, -0.2) is 22.6 Å². The van der Waals surface area contributed by atoms with Gasteiger partial charge in [-0.2, -0.15) is 0 Å². The fourth-order valence-electron chi connectivity index (χ4n) is 2.63. The van der Waals surface area contributed by atoms with Crippen LogP contribution in [0.1, 0.15) is 25.5 Å². The number of rotatable bonds is 3. The lowest BCUT2D eigenvalue weighted by molar-refractivity contribution is -0.139. The van der Waals surface area contributed by atoms with Gasteiger partial charge in [0, 0.05) is 16.8 Å². The summed E-state index contributed by atoms with van der Waals surface area (Å²) in [6.45, 7) is 3.67. The van der Waals surface area contributed by atoms with Gasteiger partial charge in [-0.05, 0) is 31.4 Å². The topological polar surface area (TPSA) is 41.9 Å². The normalized spacial score (nSPS) is 19.7. The third-order valence-electron chi connectivity index (χ3n) is 3.59. The molecule has 2 aliphatic heterocycles. The molecule has 0 saturated carbocycles. The summed E-state index contributed by atoms with van der Waals surface area (Å²) in [5, 5.41) is 2.78. The zero-order chi connectivity index (χ0) is 16.6. The van der Waals surface area contributed by atoms with Crippen LogP contribution in [0.5, 0.6) is 0 Å². The molecule has 1 atom stereocenters. The third-order valence-corrected chi connectivity index (χ3v) is 4.69. The molecule has 0 unspecified atom stereocenters. The molecule has 0 spiro atoms. The molecule has 0 radical (unpaired) electrons. The van der Waals surface area contributed by atoms with Crippen molar-refractivity contribution < 1.29 is 13.9 Å². The standard InChI is InChI=1S/C16H14ClFN2O2S/c1-3-22-15(21)12-9(2)19-16-20(7-8-23-16)14(12)13-10(17)5-4-6-11(13)18/h4-8,14H,3H2,1-2H3/t14-/m1/s1. The minimum Gasteiger partial charge on any atom is -0.463 e. The van der Waals surface area contributed by atoms with Crippen molar-refractivity contribution in [1.82, 2.24) is 4.90 Å². The van der Waals surface area contributed by atoms with E-state index in [9.17, 15) is 9.18 Å². The summed E-state index contributed by atoms with van der Waals surface area (Å²) in [6.07, 6.45) is 1.77. The number of benzene rings is 1. The summed E-state index contributed by atoms with van der Waals surface area (Å²) >= 11 is 7.65. The zero-order valence-electron chi connectivity index (χ0n) is 12.5. The molecule has 2 aliphatic rings. The molecular formula is C16H14ClFN2O2S. The molecule has 0 bridgehead atoms. The molecule has 2 heterocycles. The maximum absolute atomic E-state index is 14.5. The molecule has 7 heteroatoms. The maximum Gasteiger partial charge on any atom is 0.338 e. The van der Waals surface area contributed by atoms with E-state index in [-0.39, 0.29) is 17.2 Å². The Kier molecular flexibility index (Phi) is 4.46. The van der Waals surface area contributed by atoms with Crippen molar-refractivity contribution >= 4 is 34.5 Å². The Hall–Kier alpha value is -1.79. The number of halogens is 2. The largest absolute Gasteiger partial charge is 0.463 e. The van der Waals surface area contributed by atoms with Crippen LogP contribution in [0.25, 0.3) is 0 Å². The number of hydrogen-bond donors (Lipinski definition) is 0. The van der Waals surface area contributed by atoms with Crippen molar-refractivity contribution in [3.8, 4) is 0 Å². The van der Waals surface area contributed by atoms with E-state index in [0.29, 0.717) is 16.4 Å². The Morgan fingerprint density at radius 1 is 1.52 bits per heavy atom. The summed E-state index contributed by atoms with van der Waals surface area (Å²) in [6, 6.07) is 3.78. The average molecular weight is 353 g/mol. The first-order chi connectivity index (χ1) is 11.0. The van der Waals surface area contributed by atoms with Gasteiger partial charge in [-0.15, -0.1) is 0 Å². The first kappa shape index (κ1) is 16.1.